The van der Waals surface area contributed by atoms with Gasteiger partial charge in [0.25, 0.3) is 5.91 Å². The first-order valence-electron chi connectivity index (χ1n) is 22.8. The lowest BCUT2D eigenvalue weighted by Gasteiger charge is -2.63. The van der Waals surface area contributed by atoms with Crippen molar-refractivity contribution in [1.29, 1.82) is 5.26 Å². The van der Waals surface area contributed by atoms with E-state index in [0.29, 0.717) is 35.1 Å². The van der Waals surface area contributed by atoms with Crippen molar-refractivity contribution in [3.63, 3.8) is 0 Å². The molecule has 2 aliphatic rings. The number of carbonyl (C=O) groups is 4. The van der Waals surface area contributed by atoms with Gasteiger partial charge in [0, 0.05) is 78.6 Å². The number of benzene rings is 3. The molecular weight excluding hydrogens is 872 g/mol. The first-order chi connectivity index (χ1) is 31.8. The molecule has 16 heteroatoms. The van der Waals surface area contributed by atoms with Crippen LogP contribution in [0.4, 0.5) is 5.69 Å². The molecule has 0 unspecified atom stereocenters. The second kappa shape index (κ2) is 21.7. The van der Waals surface area contributed by atoms with E-state index in [-0.39, 0.29) is 60.9 Å². The maximum Gasteiger partial charge on any atom is 0.251 e. The van der Waals surface area contributed by atoms with Crippen molar-refractivity contribution in [2.24, 2.45) is 16.2 Å². The molecule has 67 heavy (non-hydrogen) atoms. The van der Waals surface area contributed by atoms with Gasteiger partial charge in [-0.2, -0.15) is 5.26 Å². The summed E-state index contributed by atoms with van der Waals surface area (Å²) >= 11 is 6.24. The number of nitrogens with one attached hydrogen (secondary N) is 4. The van der Waals surface area contributed by atoms with Crippen molar-refractivity contribution >= 4 is 40.9 Å². The Morgan fingerprint density at radius 1 is 0.970 bits per heavy atom. The van der Waals surface area contributed by atoms with E-state index in [2.05, 4.69) is 65.0 Å². The number of nitrogens with zero attached hydrogens (tertiary/aromatic N) is 4. The first-order valence-corrected chi connectivity index (χ1v) is 23.2. The Balaban J connectivity index is 0.877. The third kappa shape index (κ3) is 12.5. The number of aliphatic hydroxyl groups is 1. The summed E-state index contributed by atoms with van der Waals surface area (Å²) in [6, 6.07) is 21.9. The molecule has 1 aliphatic carbocycles. The van der Waals surface area contributed by atoms with E-state index in [1.165, 1.54) is 11.2 Å². The highest BCUT2D eigenvalue weighted by atomic mass is 35.5. The number of hydrogen-bond acceptors (Lipinski definition) is 11. The summed E-state index contributed by atoms with van der Waals surface area (Å²) in [5.41, 5.74) is 2.94. The Morgan fingerprint density at radius 2 is 1.69 bits per heavy atom. The van der Waals surface area contributed by atoms with E-state index < -0.39 is 35.4 Å². The topological polar surface area (TPSA) is 208 Å². The molecule has 4 aromatic rings. The van der Waals surface area contributed by atoms with Crippen molar-refractivity contribution < 1.29 is 33.8 Å². The van der Waals surface area contributed by atoms with Gasteiger partial charge in [0.05, 0.1) is 22.4 Å². The highest BCUT2D eigenvalue weighted by Gasteiger charge is 2.64. The van der Waals surface area contributed by atoms with Crippen molar-refractivity contribution in [2.45, 2.75) is 111 Å². The Hall–Kier alpha value is -6.08. The number of amides is 4. The molecule has 15 nitrogen and oxygen atoms in total. The number of rotatable bonds is 19. The van der Waals surface area contributed by atoms with Gasteiger partial charge in [-0.15, -0.1) is 0 Å². The number of aliphatic hydroxyl groups excluding tert-OH is 1. The average Bonchev–Trinajstić information content (AvgIpc) is 3.70. The van der Waals surface area contributed by atoms with Crippen molar-refractivity contribution in [3.8, 4) is 23.1 Å². The fourth-order valence-corrected chi connectivity index (χ4v) is 9.55. The summed E-state index contributed by atoms with van der Waals surface area (Å²) in [4.78, 5) is 63.4. The van der Waals surface area contributed by atoms with Crippen LogP contribution in [0, 0.1) is 27.6 Å². The zero-order valence-corrected chi connectivity index (χ0v) is 40.2. The van der Waals surface area contributed by atoms with Gasteiger partial charge < -0.3 is 40.7 Å². The maximum absolute atomic E-state index is 14.0. The fourth-order valence-electron chi connectivity index (χ4n) is 9.34. The van der Waals surface area contributed by atoms with Crippen LogP contribution in [-0.4, -0.2) is 100 Å². The summed E-state index contributed by atoms with van der Waals surface area (Å²) in [7, 11) is 0. The highest BCUT2D eigenvalue weighted by molar-refractivity contribution is 6.31. The molecular formula is C51H63ClN8O7. The standard InChI is InChI=1S/C51H63ClN8O7/c1-49(2,3)43(46(65)60-29-37(61)25-41(60)45(64)56-28-32-11-13-33(14-12-32)40-21-23-54-31-57-40)58-42(62)30-66-24-10-8-9-22-55-36-18-15-34(16-19-36)44(63)59-47-50(4,5)48(51(47,6)7)67-38-20-17-35(27-53)39(52)26-38/h11-21,23,26,31,37,41,43,47-48,55,61H,8-10,22,24-25,28-30H2,1-7H3,(H,56,64)(H,58,62)(H,59,63)/t37-,41+,43-,47-,48-/m1/s1. The van der Waals surface area contributed by atoms with Gasteiger partial charge in [-0.1, -0.05) is 84.3 Å². The molecule has 2 heterocycles. The van der Waals surface area contributed by atoms with Crippen LogP contribution in [0.1, 0.15) is 95.6 Å². The Labute approximate surface area is 398 Å². The molecule has 1 saturated heterocycles. The number of unbranched alkanes of at least 4 members (excludes halogenated alkanes) is 2. The first kappa shape index (κ1) is 50.3. The van der Waals surface area contributed by atoms with Gasteiger partial charge in [0.1, 0.15) is 42.9 Å². The largest absolute Gasteiger partial charge is 0.489 e. The number of hydrogen-bond donors (Lipinski definition) is 5. The minimum atomic E-state index is -0.953. The zero-order valence-electron chi connectivity index (χ0n) is 39.4. The molecule has 6 rings (SSSR count). The molecule has 0 radical (unpaired) electrons. The van der Waals surface area contributed by atoms with Crippen LogP contribution < -0.4 is 26.0 Å². The summed E-state index contributed by atoms with van der Waals surface area (Å²) in [5.74, 6) is -0.848. The maximum atomic E-state index is 14.0. The van der Waals surface area contributed by atoms with Crippen molar-refractivity contribution in [1.82, 2.24) is 30.8 Å². The van der Waals surface area contributed by atoms with Crippen LogP contribution >= 0.6 is 11.6 Å². The number of β-amino-alcohol motifs (C(OH)–C–C–N with tert-alkyl or cyclic N) is 1. The van der Waals surface area contributed by atoms with E-state index in [4.69, 9.17) is 21.1 Å². The molecule has 5 N–H and O–H groups in total. The van der Waals surface area contributed by atoms with Crippen LogP contribution in [0.25, 0.3) is 11.3 Å². The van der Waals surface area contributed by atoms with Crippen LogP contribution in [0.15, 0.2) is 85.3 Å². The normalized spacial score (nSPS) is 19.9. The van der Waals surface area contributed by atoms with Gasteiger partial charge in [-0.25, -0.2) is 9.97 Å². The molecule has 1 saturated carbocycles. The lowest BCUT2D eigenvalue weighted by atomic mass is 9.49. The van der Waals surface area contributed by atoms with Gasteiger partial charge in [0.2, 0.25) is 17.7 Å². The monoisotopic (exact) mass is 934 g/mol. The van der Waals surface area contributed by atoms with Crippen LogP contribution in [-0.2, 0) is 25.7 Å². The predicted octanol–water partition coefficient (Wildman–Crippen LogP) is 6.69. The number of aromatic nitrogens is 2. The Kier molecular flexibility index (Phi) is 16.3. The van der Waals surface area contributed by atoms with Gasteiger partial charge in [-0.05, 0) is 72.7 Å². The second-order valence-electron chi connectivity index (χ2n) is 19.7. The van der Waals surface area contributed by atoms with E-state index in [1.807, 2.05) is 63.2 Å². The van der Waals surface area contributed by atoms with Crippen LogP contribution in [0.2, 0.25) is 5.02 Å². The van der Waals surface area contributed by atoms with E-state index in [9.17, 15) is 29.5 Å². The number of carbonyl (C=O) groups excluding carboxylic acids is 4. The number of likely N-dealkylation sites (tertiary alicyclic amines) is 1. The molecule has 3 atom stereocenters. The minimum absolute atomic E-state index is 0.0171. The quantitative estimate of drug-likeness (QED) is 0.0626. The van der Waals surface area contributed by atoms with Crippen LogP contribution in [0.5, 0.6) is 5.75 Å². The molecule has 4 amide bonds. The summed E-state index contributed by atoms with van der Waals surface area (Å²) in [5, 5.41) is 32.5. The number of halogens is 1. The number of nitriles is 1. The predicted molar refractivity (Wildman–Crippen MR) is 256 cm³/mol. The average molecular weight is 936 g/mol. The van der Waals surface area contributed by atoms with E-state index in [1.54, 1.807) is 36.5 Å². The molecule has 356 valence electrons. The molecule has 1 aliphatic heterocycles. The van der Waals surface area contributed by atoms with Gasteiger partial charge in [0.15, 0.2) is 0 Å². The van der Waals surface area contributed by atoms with Crippen LogP contribution in [0.3, 0.4) is 0 Å². The Bertz CT molecular complexity index is 2390. The number of ether oxygens (including phenoxy) is 2. The highest BCUT2D eigenvalue weighted by Crippen LogP contribution is 2.55. The summed E-state index contributed by atoms with van der Waals surface area (Å²) in [6.45, 7) is 14.8. The number of anilines is 1. The fraction of sp³-hybridized carbons (Fsp3) is 0.471. The third-order valence-electron chi connectivity index (χ3n) is 12.7. The van der Waals surface area contributed by atoms with E-state index in [0.717, 1.165) is 41.8 Å². The van der Waals surface area contributed by atoms with Gasteiger partial charge >= 0.3 is 0 Å². The molecule has 2 fully saturated rings. The Morgan fingerprint density at radius 3 is 2.33 bits per heavy atom. The lowest BCUT2D eigenvalue weighted by molar-refractivity contribution is -0.164. The third-order valence-corrected chi connectivity index (χ3v) is 13.0. The summed E-state index contributed by atoms with van der Waals surface area (Å²) < 4.78 is 12.0. The van der Waals surface area contributed by atoms with Crippen molar-refractivity contribution in [3.05, 3.63) is 107 Å². The summed E-state index contributed by atoms with van der Waals surface area (Å²) in [6.07, 6.45) is 4.60. The molecule has 3 aromatic carbocycles. The lowest BCUT2D eigenvalue weighted by Crippen LogP contribution is -2.74. The SMILES string of the molecule is CC(C)(C)[C@H](NC(=O)COCCCCCNc1ccc(C(=O)N[C@H]2C(C)(C)[C@H](Oc3ccc(C#N)c(Cl)c3)C2(C)C)cc1)C(=O)N1C[C@H](O)C[C@H]1C(=O)NCc1ccc(-c2ccncn2)cc1. The smallest absolute Gasteiger partial charge is 0.251 e. The zero-order chi connectivity index (χ0) is 48.5. The molecule has 0 spiro atoms. The van der Waals surface area contributed by atoms with E-state index >= 15 is 0 Å². The van der Waals surface area contributed by atoms with Gasteiger partial charge in [-0.3, -0.25) is 19.2 Å². The molecule has 1 aromatic heterocycles. The van der Waals surface area contributed by atoms with Crippen molar-refractivity contribution in [2.75, 3.05) is 31.6 Å². The molecule has 0 bridgehead atoms. The minimum Gasteiger partial charge on any atom is -0.489 e. The second-order valence-corrected chi connectivity index (χ2v) is 20.1.